The first-order valence-electron chi connectivity index (χ1n) is 5.52. The fourth-order valence-corrected chi connectivity index (χ4v) is 3.06. The molecule has 1 aliphatic carbocycles. The Morgan fingerprint density at radius 2 is 2.31 bits per heavy atom. The number of fused-ring (bicyclic) bond motifs is 1. The van der Waals surface area contributed by atoms with Crippen molar-refractivity contribution in [2.45, 2.75) is 51.1 Å². The first kappa shape index (κ1) is 9.02. The number of hydrogen-bond donors (Lipinski definition) is 0. The zero-order valence-electron chi connectivity index (χ0n) is 8.37. The van der Waals surface area contributed by atoms with Gasteiger partial charge in [-0.05, 0) is 31.6 Å². The molecule has 3 atom stereocenters. The summed E-state index contributed by atoms with van der Waals surface area (Å²) in [6.45, 7) is 3.29. The van der Waals surface area contributed by atoms with Gasteiger partial charge in [0, 0.05) is 12.6 Å². The molecule has 2 fully saturated rings. The van der Waals surface area contributed by atoms with E-state index < -0.39 is 0 Å². The van der Waals surface area contributed by atoms with E-state index in [4.69, 9.17) is 5.26 Å². The fraction of sp³-hybridized carbons (Fsp3) is 0.909. The van der Waals surface area contributed by atoms with Crippen molar-refractivity contribution in [2.75, 3.05) is 6.54 Å². The Morgan fingerprint density at radius 3 is 3.00 bits per heavy atom. The minimum Gasteiger partial charge on any atom is -0.285 e. The van der Waals surface area contributed by atoms with Crippen molar-refractivity contribution in [1.29, 1.82) is 5.26 Å². The van der Waals surface area contributed by atoms with Gasteiger partial charge in [-0.15, -0.1) is 0 Å². The lowest BCUT2D eigenvalue weighted by Crippen LogP contribution is -2.38. The topological polar surface area (TPSA) is 27.0 Å². The minimum absolute atomic E-state index is 0.188. The zero-order chi connectivity index (χ0) is 9.26. The van der Waals surface area contributed by atoms with Gasteiger partial charge in [0.15, 0.2) is 0 Å². The van der Waals surface area contributed by atoms with Crippen LogP contribution in [0.25, 0.3) is 0 Å². The lowest BCUT2D eigenvalue weighted by atomic mass is 10.0. The third-order valence-electron chi connectivity index (χ3n) is 3.74. The predicted molar refractivity (Wildman–Crippen MR) is 52.1 cm³/mol. The Morgan fingerprint density at radius 1 is 1.46 bits per heavy atom. The van der Waals surface area contributed by atoms with Gasteiger partial charge in [-0.25, -0.2) is 0 Å². The molecule has 0 N–H and O–H groups in total. The van der Waals surface area contributed by atoms with E-state index in [1.165, 1.54) is 32.2 Å². The second-order valence-corrected chi connectivity index (χ2v) is 4.34. The van der Waals surface area contributed by atoms with Crippen LogP contribution in [0.4, 0.5) is 0 Å². The van der Waals surface area contributed by atoms with E-state index >= 15 is 0 Å². The van der Waals surface area contributed by atoms with Crippen LogP contribution in [-0.2, 0) is 0 Å². The molecule has 1 aliphatic heterocycles. The Bertz CT molecular complexity index is 219. The molecule has 1 saturated carbocycles. The first-order valence-corrected chi connectivity index (χ1v) is 5.52. The summed E-state index contributed by atoms with van der Waals surface area (Å²) in [5.74, 6) is 0.919. The Hall–Kier alpha value is -0.550. The highest BCUT2D eigenvalue weighted by atomic mass is 15.2. The number of nitriles is 1. The number of hydrogen-bond acceptors (Lipinski definition) is 2. The van der Waals surface area contributed by atoms with Gasteiger partial charge in [-0.2, -0.15) is 5.26 Å². The molecular formula is C11H18N2. The molecule has 2 rings (SSSR count). The lowest BCUT2D eigenvalue weighted by Gasteiger charge is -2.27. The summed E-state index contributed by atoms with van der Waals surface area (Å²) < 4.78 is 0. The molecule has 2 aliphatic rings. The molecule has 72 valence electrons. The molecule has 0 radical (unpaired) electrons. The van der Waals surface area contributed by atoms with Crippen molar-refractivity contribution >= 4 is 0 Å². The third-order valence-corrected chi connectivity index (χ3v) is 3.74. The van der Waals surface area contributed by atoms with E-state index in [2.05, 4.69) is 17.9 Å². The number of likely N-dealkylation sites (tertiary alicyclic amines) is 1. The number of rotatable bonds is 2. The Balaban J connectivity index is 2.04. The molecule has 1 saturated heterocycles. The maximum atomic E-state index is 9.01. The average Bonchev–Trinajstić information content (AvgIpc) is 2.70. The molecule has 3 unspecified atom stereocenters. The molecule has 0 amide bonds. The summed E-state index contributed by atoms with van der Waals surface area (Å²) in [5.41, 5.74) is 0. The first-order chi connectivity index (χ1) is 6.36. The summed E-state index contributed by atoms with van der Waals surface area (Å²) in [4.78, 5) is 2.46. The van der Waals surface area contributed by atoms with Gasteiger partial charge in [0.1, 0.15) is 0 Å². The van der Waals surface area contributed by atoms with Gasteiger partial charge in [0.2, 0.25) is 0 Å². The van der Waals surface area contributed by atoms with Crippen LogP contribution in [0.3, 0.4) is 0 Å². The SMILES string of the molecule is CCC(C#N)N1CCC2CCCC21. The molecule has 13 heavy (non-hydrogen) atoms. The monoisotopic (exact) mass is 178 g/mol. The third kappa shape index (κ3) is 1.46. The highest BCUT2D eigenvalue weighted by Crippen LogP contribution is 2.38. The van der Waals surface area contributed by atoms with Crippen LogP contribution in [0.2, 0.25) is 0 Å². The Labute approximate surface area is 80.5 Å². The van der Waals surface area contributed by atoms with Crippen LogP contribution in [0.5, 0.6) is 0 Å². The average molecular weight is 178 g/mol. The summed E-state index contributed by atoms with van der Waals surface area (Å²) in [6, 6.07) is 3.37. The second-order valence-electron chi connectivity index (χ2n) is 4.34. The van der Waals surface area contributed by atoms with Crippen molar-refractivity contribution in [3.8, 4) is 6.07 Å². The van der Waals surface area contributed by atoms with Crippen LogP contribution in [0.15, 0.2) is 0 Å². The summed E-state index contributed by atoms with van der Waals surface area (Å²) >= 11 is 0. The lowest BCUT2D eigenvalue weighted by molar-refractivity contribution is 0.201. The maximum absolute atomic E-state index is 9.01. The Kier molecular flexibility index (Phi) is 2.55. The van der Waals surface area contributed by atoms with E-state index in [1.54, 1.807) is 0 Å². The molecule has 0 spiro atoms. The van der Waals surface area contributed by atoms with E-state index in [9.17, 15) is 0 Å². The van der Waals surface area contributed by atoms with Crippen LogP contribution in [0, 0.1) is 17.2 Å². The maximum Gasteiger partial charge on any atom is 0.0977 e. The standard InChI is InChI=1S/C11H18N2/c1-2-10(8-12)13-7-6-9-4-3-5-11(9)13/h9-11H,2-7H2,1H3. The van der Waals surface area contributed by atoms with Gasteiger partial charge in [0.05, 0.1) is 12.1 Å². The van der Waals surface area contributed by atoms with Crippen LogP contribution < -0.4 is 0 Å². The second kappa shape index (κ2) is 3.67. The van der Waals surface area contributed by atoms with Crippen molar-refractivity contribution in [1.82, 2.24) is 4.90 Å². The van der Waals surface area contributed by atoms with Gasteiger partial charge in [0.25, 0.3) is 0 Å². The van der Waals surface area contributed by atoms with Gasteiger partial charge in [-0.1, -0.05) is 13.3 Å². The van der Waals surface area contributed by atoms with Crippen LogP contribution >= 0.6 is 0 Å². The molecular weight excluding hydrogens is 160 g/mol. The summed E-state index contributed by atoms with van der Waals surface area (Å²) in [7, 11) is 0. The zero-order valence-corrected chi connectivity index (χ0v) is 8.37. The van der Waals surface area contributed by atoms with Gasteiger partial charge >= 0.3 is 0 Å². The molecule has 1 heterocycles. The van der Waals surface area contributed by atoms with Crippen molar-refractivity contribution in [3.63, 3.8) is 0 Å². The van der Waals surface area contributed by atoms with Crippen molar-refractivity contribution in [3.05, 3.63) is 0 Å². The van der Waals surface area contributed by atoms with Crippen molar-refractivity contribution < 1.29 is 0 Å². The quantitative estimate of drug-likeness (QED) is 0.648. The van der Waals surface area contributed by atoms with Gasteiger partial charge < -0.3 is 0 Å². The highest BCUT2D eigenvalue weighted by Gasteiger charge is 2.39. The largest absolute Gasteiger partial charge is 0.285 e. The summed E-state index contributed by atoms with van der Waals surface area (Å²) in [5, 5.41) is 9.01. The fourth-order valence-electron chi connectivity index (χ4n) is 3.06. The smallest absolute Gasteiger partial charge is 0.0977 e. The van der Waals surface area contributed by atoms with E-state index in [-0.39, 0.29) is 6.04 Å². The highest BCUT2D eigenvalue weighted by molar-refractivity contribution is 5.00. The summed E-state index contributed by atoms with van der Waals surface area (Å²) in [6.07, 6.45) is 6.45. The molecule has 0 aromatic heterocycles. The minimum atomic E-state index is 0.188. The van der Waals surface area contributed by atoms with E-state index in [0.29, 0.717) is 0 Å². The molecule has 2 nitrogen and oxygen atoms in total. The van der Waals surface area contributed by atoms with E-state index in [1.807, 2.05) is 0 Å². The molecule has 2 heteroatoms. The van der Waals surface area contributed by atoms with Crippen LogP contribution in [-0.4, -0.2) is 23.5 Å². The molecule has 0 aromatic rings. The number of nitrogens with zero attached hydrogens (tertiary/aromatic N) is 2. The molecule has 0 bridgehead atoms. The predicted octanol–water partition coefficient (Wildman–Crippen LogP) is 2.16. The van der Waals surface area contributed by atoms with Crippen molar-refractivity contribution in [2.24, 2.45) is 5.92 Å². The van der Waals surface area contributed by atoms with Crippen LogP contribution in [0.1, 0.15) is 39.0 Å². The van der Waals surface area contributed by atoms with Gasteiger partial charge in [-0.3, -0.25) is 4.90 Å². The normalized spacial score (nSPS) is 35.7. The van der Waals surface area contributed by atoms with E-state index in [0.717, 1.165) is 18.4 Å². The molecule has 0 aromatic carbocycles.